The summed E-state index contributed by atoms with van der Waals surface area (Å²) < 4.78 is 5.80. The van der Waals surface area contributed by atoms with Crippen LogP contribution in [0.1, 0.15) is 38.2 Å². The van der Waals surface area contributed by atoms with Gasteiger partial charge in [-0.3, -0.25) is 4.79 Å². The first-order valence-corrected chi connectivity index (χ1v) is 9.75. The van der Waals surface area contributed by atoms with Crippen LogP contribution in [0, 0.1) is 0 Å². The van der Waals surface area contributed by atoms with Gasteiger partial charge in [-0.1, -0.05) is 74.7 Å². The normalized spacial score (nSPS) is 10.7. The Labute approximate surface area is 161 Å². The quantitative estimate of drug-likeness (QED) is 0.476. The lowest BCUT2D eigenvalue weighted by atomic mass is 10.0. The minimum Gasteiger partial charge on any atom is -0.494 e. The average Bonchev–Trinajstić information content (AvgIpc) is 2.68. The Kier molecular flexibility index (Phi) is 6.86. The maximum Gasteiger partial charge on any atom is 0.228 e. The summed E-state index contributed by atoms with van der Waals surface area (Å²) in [6.45, 7) is 2.92. The summed E-state index contributed by atoms with van der Waals surface area (Å²) in [5.41, 5.74) is 1.81. The molecule has 0 aliphatic heterocycles. The first-order chi connectivity index (χ1) is 13.3. The monoisotopic (exact) mass is 361 g/mol. The lowest BCUT2D eigenvalue weighted by molar-refractivity contribution is -0.115. The molecular weight excluding hydrogens is 334 g/mol. The summed E-state index contributed by atoms with van der Waals surface area (Å²) in [6, 6.07) is 21.8. The number of unbranched alkanes of at least 4 members (excludes halogenated alkanes) is 3. The summed E-state index contributed by atoms with van der Waals surface area (Å²) in [4.78, 5) is 12.5. The molecule has 0 aliphatic rings. The highest BCUT2D eigenvalue weighted by atomic mass is 16.5. The van der Waals surface area contributed by atoms with Crippen molar-refractivity contribution < 1.29 is 9.53 Å². The number of fused-ring (bicyclic) bond motifs is 1. The first-order valence-electron chi connectivity index (χ1n) is 9.75. The fraction of sp³-hybridized carbons (Fsp3) is 0.292. The van der Waals surface area contributed by atoms with Crippen molar-refractivity contribution in [3.63, 3.8) is 0 Å². The first kappa shape index (κ1) is 19.0. The van der Waals surface area contributed by atoms with Crippen LogP contribution in [0.3, 0.4) is 0 Å². The van der Waals surface area contributed by atoms with Gasteiger partial charge in [0.25, 0.3) is 0 Å². The van der Waals surface area contributed by atoms with Crippen molar-refractivity contribution in [1.29, 1.82) is 0 Å². The number of hydrogen-bond acceptors (Lipinski definition) is 2. The third-order valence-corrected chi connectivity index (χ3v) is 4.62. The molecule has 0 atom stereocenters. The number of rotatable bonds is 9. The van der Waals surface area contributed by atoms with E-state index in [1.807, 2.05) is 48.5 Å². The van der Waals surface area contributed by atoms with E-state index in [9.17, 15) is 4.79 Å². The van der Waals surface area contributed by atoms with Crippen molar-refractivity contribution in [2.75, 3.05) is 11.9 Å². The number of benzene rings is 3. The molecule has 0 saturated heterocycles. The minimum atomic E-state index is -0.0218. The fourth-order valence-corrected chi connectivity index (χ4v) is 3.21. The highest BCUT2D eigenvalue weighted by molar-refractivity contribution is 5.96. The van der Waals surface area contributed by atoms with Gasteiger partial charge in [-0.15, -0.1) is 0 Å². The maximum atomic E-state index is 12.5. The SMILES string of the molecule is CCCCCCOc1cccc(NC(=O)Cc2cccc3ccccc23)c1. The lowest BCUT2D eigenvalue weighted by Gasteiger charge is -2.10. The van der Waals surface area contributed by atoms with E-state index >= 15 is 0 Å². The van der Waals surface area contributed by atoms with Gasteiger partial charge in [-0.25, -0.2) is 0 Å². The van der Waals surface area contributed by atoms with Crippen molar-refractivity contribution >= 4 is 22.4 Å². The third kappa shape index (κ3) is 5.58. The standard InChI is InChI=1S/C24H27NO2/c1-2-3-4-7-16-27-22-14-9-13-21(18-22)25-24(26)17-20-12-8-11-19-10-5-6-15-23(19)20/h5-6,8-15,18H,2-4,7,16-17H2,1H3,(H,25,26). The number of anilines is 1. The van der Waals surface area contributed by atoms with Gasteiger partial charge in [0.05, 0.1) is 13.0 Å². The van der Waals surface area contributed by atoms with E-state index in [1.54, 1.807) is 0 Å². The summed E-state index contributed by atoms with van der Waals surface area (Å²) in [5, 5.41) is 5.27. The highest BCUT2D eigenvalue weighted by Gasteiger charge is 2.08. The predicted octanol–water partition coefficient (Wildman–Crippen LogP) is 5.98. The number of amides is 1. The molecule has 27 heavy (non-hydrogen) atoms. The van der Waals surface area contributed by atoms with E-state index < -0.39 is 0 Å². The Balaban J connectivity index is 1.58. The van der Waals surface area contributed by atoms with Crippen LogP contribution in [0.15, 0.2) is 66.7 Å². The number of carbonyl (C=O) groups excluding carboxylic acids is 1. The van der Waals surface area contributed by atoms with Crippen molar-refractivity contribution in [2.24, 2.45) is 0 Å². The van der Waals surface area contributed by atoms with Crippen LogP contribution < -0.4 is 10.1 Å². The second-order valence-electron chi connectivity index (χ2n) is 6.80. The van der Waals surface area contributed by atoms with Gasteiger partial charge in [0, 0.05) is 11.8 Å². The second-order valence-corrected chi connectivity index (χ2v) is 6.80. The Morgan fingerprint density at radius 1 is 0.926 bits per heavy atom. The zero-order chi connectivity index (χ0) is 18.9. The molecule has 0 radical (unpaired) electrons. The number of nitrogens with one attached hydrogen (secondary N) is 1. The topological polar surface area (TPSA) is 38.3 Å². The molecule has 3 heteroatoms. The van der Waals surface area contributed by atoms with E-state index in [2.05, 4.69) is 30.4 Å². The van der Waals surface area contributed by atoms with Crippen molar-refractivity contribution in [3.8, 4) is 5.75 Å². The molecule has 1 amide bonds. The summed E-state index contributed by atoms with van der Waals surface area (Å²) in [7, 11) is 0. The van der Waals surface area contributed by atoms with E-state index in [-0.39, 0.29) is 5.91 Å². The van der Waals surface area contributed by atoms with Gasteiger partial charge < -0.3 is 10.1 Å². The second kappa shape index (κ2) is 9.77. The Morgan fingerprint density at radius 2 is 1.74 bits per heavy atom. The molecule has 3 aromatic carbocycles. The largest absolute Gasteiger partial charge is 0.494 e. The summed E-state index contributed by atoms with van der Waals surface area (Å²) in [6.07, 6.45) is 5.07. The summed E-state index contributed by atoms with van der Waals surface area (Å²) >= 11 is 0. The molecule has 0 saturated carbocycles. The van der Waals surface area contributed by atoms with Gasteiger partial charge >= 0.3 is 0 Å². The van der Waals surface area contributed by atoms with E-state index in [1.165, 1.54) is 19.3 Å². The van der Waals surface area contributed by atoms with Crippen LogP contribution in [-0.2, 0) is 11.2 Å². The third-order valence-electron chi connectivity index (χ3n) is 4.62. The molecule has 0 heterocycles. The summed E-state index contributed by atoms with van der Waals surface area (Å²) in [5.74, 6) is 0.779. The van der Waals surface area contributed by atoms with E-state index in [0.717, 1.165) is 34.2 Å². The molecule has 1 N–H and O–H groups in total. The number of carbonyl (C=O) groups is 1. The number of ether oxygens (including phenoxy) is 1. The van der Waals surface area contributed by atoms with E-state index in [4.69, 9.17) is 4.74 Å². The molecule has 3 nitrogen and oxygen atoms in total. The molecule has 0 fully saturated rings. The fourth-order valence-electron chi connectivity index (χ4n) is 3.21. The van der Waals surface area contributed by atoms with Crippen LogP contribution in [0.25, 0.3) is 10.8 Å². The van der Waals surface area contributed by atoms with Gasteiger partial charge in [-0.05, 0) is 34.9 Å². The highest BCUT2D eigenvalue weighted by Crippen LogP contribution is 2.21. The average molecular weight is 361 g/mol. The smallest absolute Gasteiger partial charge is 0.228 e. The molecular formula is C24H27NO2. The van der Waals surface area contributed by atoms with Crippen molar-refractivity contribution in [2.45, 2.75) is 39.0 Å². The molecule has 0 aromatic heterocycles. The zero-order valence-corrected chi connectivity index (χ0v) is 15.9. The van der Waals surface area contributed by atoms with Gasteiger partial charge in [-0.2, -0.15) is 0 Å². The molecule has 0 spiro atoms. The van der Waals surface area contributed by atoms with Crippen LogP contribution in [-0.4, -0.2) is 12.5 Å². The van der Waals surface area contributed by atoms with Crippen LogP contribution >= 0.6 is 0 Å². The molecule has 3 aromatic rings. The van der Waals surface area contributed by atoms with Crippen molar-refractivity contribution in [1.82, 2.24) is 0 Å². The Hall–Kier alpha value is -2.81. The predicted molar refractivity (Wildman–Crippen MR) is 112 cm³/mol. The molecule has 0 bridgehead atoms. The van der Waals surface area contributed by atoms with Gasteiger partial charge in [0.1, 0.15) is 5.75 Å². The zero-order valence-electron chi connectivity index (χ0n) is 15.9. The Bertz CT molecular complexity index is 883. The molecule has 140 valence electrons. The van der Waals surface area contributed by atoms with Gasteiger partial charge in [0.15, 0.2) is 0 Å². The molecule has 0 unspecified atom stereocenters. The Morgan fingerprint density at radius 3 is 2.63 bits per heavy atom. The molecule has 0 aliphatic carbocycles. The minimum absolute atomic E-state index is 0.0218. The van der Waals surface area contributed by atoms with Crippen LogP contribution in [0.5, 0.6) is 5.75 Å². The van der Waals surface area contributed by atoms with Crippen LogP contribution in [0.2, 0.25) is 0 Å². The van der Waals surface area contributed by atoms with Gasteiger partial charge in [0.2, 0.25) is 5.91 Å². The number of hydrogen-bond donors (Lipinski definition) is 1. The molecule has 3 rings (SSSR count). The lowest BCUT2D eigenvalue weighted by Crippen LogP contribution is -2.14. The van der Waals surface area contributed by atoms with Crippen LogP contribution in [0.4, 0.5) is 5.69 Å². The maximum absolute atomic E-state index is 12.5. The van der Waals surface area contributed by atoms with Crippen molar-refractivity contribution in [3.05, 3.63) is 72.3 Å². The van der Waals surface area contributed by atoms with E-state index in [0.29, 0.717) is 13.0 Å².